The van der Waals surface area contributed by atoms with Crippen LogP contribution in [0.1, 0.15) is 40.7 Å². The van der Waals surface area contributed by atoms with Crippen molar-refractivity contribution >= 4 is 16.8 Å². The number of amides is 1. The zero-order valence-corrected chi connectivity index (χ0v) is 15.7. The Hall–Kier alpha value is -2.87. The number of primary amides is 1. The van der Waals surface area contributed by atoms with Crippen molar-refractivity contribution in [3.05, 3.63) is 59.3 Å². The SMILES string of the molecule is NC(=O)c1cccc2cn(-c3ccc(CN4CCCCC4)c(C(F)(F)F)c3)nc12. The third-order valence-corrected chi connectivity index (χ3v) is 5.31. The van der Waals surface area contributed by atoms with Crippen molar-refractivity contribution in [1.82, 2.24) is 14.7 Å². The lowest BCUT2D eigenvalue weighted by atomic mass is 10.0. The molecule has 0 atom stereocenters. The fraction of sp³-hybridized carbons (Fsp3) is 0.333. The molecule has 0 saturated carbocycles. The summed E-state index contributed by atoms with van der Waals surface area (Å²) in [5.74, 6) is -0.631. The first-order valence-electron chi connectivity index (χ1n) is 9.54. The van der Waals surface area contributed by atoms with Crippen molar-refractivity contribution in [3.63, 3.8) is 0 Å². The van der Waals surface area contributed by atoms with Crippen LogP contribution in [0.15, 0.2) is 42.6 Å². The molecule has 8 heteroatoms. The molecule has 1 aromatic heterocycles. The third-order valence-electron chi connectivity index (χ3n) is 5.31. The van der Waals surface area contributed by atoms with Crippen LogP contribution in [0, 0.1) is 0 Å². The van der Waals surface area contributed by atoms with E-state index >= 15 is 0 Å². The van der Waals surface area contributed by atoms with Crippen molar-refractivity contribution in [1.29, 1.82) is 0 Å². The summed E-state index contributed by atoms with van der Waals surface area (Å²) in [4.78, 5) is 13.7. The number of aromatic nitrogens is 2. The molecule has 29 heavy (non-hydrogen) atoms. The molecule has 1 saturated heterocycles. The summed E-state index contributed by atoms with van der Waals surface area (Å²) in [5.41, 5.74) is 5.87. The zero-order valence-electron chi connectivity index (χ0n) is 15.7. The number of benzene rings is 2. The molecule has 0 radical (unpaired) electrons. The zero-order chi connectivity index (χ0) is 20.6. The molecule has 1 amide bonds. The molecular weight excluding hydrogens is 381 g/mol. The van der Waals surface area contributed by atoms with Crippen LogP contribution in [0.25, 0.3) is 16.6 Å². The summed E-state index contributed by atoms with van der Waals surface area (Å²) < 4.78 is 42.6. The number of carbonyl (C=O) groups is 1. The lowest BCUT2D eigenvalue weighted by molar-refractivity contribution is -0.138. The van der Waals surface area contributed by atoms with Gasteiger partial charge in [0.05, 0.1) is 16.8 Å². The highest BCUT2D eigenvalue weighted by Gasteiger charge is 2.34. The van der Waals surface area contributed by atoms with Gasteiger partial charge >= 0.3 is 6.18 Å². The van der Waals surface area contributed by atoms with Crippen LogP contribution >= 0.6 is 0 Å². The number of nitrogens with zero attached hydrogens (tertiary/aromatic N) is 3. The molecular formula is C21H21F3N4O. The van der Waals surface area contributed by atoms with E-state index in [1.807, 2.05) is 0 Å². The Bertz CT molecular complexity index is 1050. The monoisotopic (exact) mass is 402 g/mol. The van der Waals surface area contributed by atoms with Gasteiger partial charge in [-0.3, -0.25) is 9.69 Å². The highest BCUT2D eigenvalue weighted by Crippen LogP contribution is 2.34. The summed E-state index contributed by atoms with van der Waals surface area (Å²) in [5, 5.41) is 4.94. The van der Waals surface area contributed by atoms with E-state index in [1.54, 1.807) is 30.5 Å². The van der Waals surface area contributed by atoms with E-state index < -0.39 is 17.6 Å². The fourth-order valence-corrected chi connectivity index (χ4v) is 3.84. The largest absolute Gasteiger partial charge is 0.416 e. The molecule has 2 N–H and O–H groups in total. The second-order valence-corrected chi connectivity index (χ2v) is 7.36. The van der Waals surface area contributed by atoms with Gasteiger partial charge in [0.2, 0.25) is 0 Å². The molecule has 5 nitrogen and oxygen atoms in total. The third kappa shape index (κ3) is 3.98. The Morgan fingerprint density at radius 1 is 1.10 bits per heavy atom. The minimum atomic E-state index is -4.47. The topological polar surface area (TPSA) is 64.2 Å². The average molecular weight is 402 g/mol. The number of hydrogen-bond donors (Lipinski definition) is 1. The number of fused-ring (bicyclic) bond motifs is 1. The van der Waals surface area contributed by atoms with Crippen LogP contribution in [0.3, 0.4) is 0 Å². The van der Waals surface area contributed by atoms with Crippen molar-refractivity contribution in [2.24, 2.45) is 5.73 Å². The molecule has 3 aromatic rings. The van der Waals surface area contributed by atoms with E-state index in [4.69, 9.17) is 5.73 Å². The first kappa shape index (κ1) is 19.4. The second-order valence-electron chi connectivity index (χ2n) is 7.36. The van der Waals surface area contributed by atoms with E-state index in [0.717, 1.165) is 38.4 Å². The highest BCUT2D eigenvalue weighted by atomic mass is 19.4. The van der Waals surface area contributed by atoms with Gasteiger partial charge in [-0.15, -0.1) is 0 Å². The Morgan fingerprint density at radius 3 is 2.55 bits per heavy atom. The number of hydrogen-bond acceptors (Lipinski definition) is 3. The van der Waals surface area contributed by atoms with Gasteiger partial charge in [0.15, 0.2) is 0 Å². The predicted octanol–water partition coefficient (Wildman–Crippen LogP) is 4.13. The van der Waals surface area contributed by atoms with Gasteiger partial charge in [0, 0.05) is 18.1 Å². The number of carbonyl (C=O) groups excluding carboxylic acids is 1. The standard InChI is InChI=1S/C21H21F3N4O/c22-21(23,24)18-11-16(8-7-14(18)12-27-9-2-1-3-10-27)28-13-15-5-4-6-17(20(25)29)19(15)26-28/h4-8,11,13H,1-3,9-10,12H2,(H2,25,29). The van der Waals surface area contributed by atoms with Crippen molar-refractivity contribution in [2.75, 3.05) is 13.1 Å². The molecule has 152 valence electrons. The van der Waals surface area contributed by atoms with Crippen LogP contribution in [-0.2, 0) is 12.7 Å². The maximum absolute atomic E-state index is 13.8. The van der Waals surface area contributed by atoms with Gasteiger partial charge in [-0.2, -0.15) is 18.3 Å². The van der Waals surface area contributed by atoms with Crippen LogP contribution in [0.4, 0.5) is 13.2 Å². The first-order chi connectivity index (χ1) is 13.8. The van der Waals surface area contributed by atoms with E-state index in [1.165, 1.54) is 10.7 Å². The number of nitrogens with two attached hydrogens (primary N) is 1. The summed E-state index contributed by atoms with van der Waals surface area (Å²) in [7, 11) is 0. The summed E-state index contributed by atoms with van der Waals surface area (Å²) in [6.45, 7) is 1.92. The maximum Gasteiger partial charge on any atom is 0.416 e. The quantitative estimate of drug-likeness (QED) is 0.714. The Balaban J connectivity index is 1.74. The fourth-order valence-electron chi connectivity index (χ4n) is 3.84. The summed E-state index contributed by atoms with van der Waals surface area (Å²) in [6, 6.07) is 9.22. The highest BCUT2D eigenvalue weighted by molar-refractivity contribution is 6.04. The minimum absolute atomic E-state index is 0.235. The Labute approximate surface area is 165 Å². The summed E-state index contributed by atoms with van der Waals surface area (Å²) >= 11 is 0. The molecule has 2 aromatic carbocycles. The number of likely N-dealkylation sites (tertiary alicyclic amines) is 1. The number of rotatable bonds is 4. The van der Waals surface area contributed by atoms with Gasteiger partial charge in [-0.05, 0) is 49.7 Å². The molecule has 2 heterocycles. The van der Waals surface area contributed by atoms with E-state index in [9.17, 15) is 18.0 Å². The molecule has 0 bridgehead atoms. The lowest BCUT2D eigenvalue weighted by Gasteiger charge is -2.27. The Morgan fingerprint density at radius 2 is 1.86 bits per heavy atom. The molecule has 0 spiro atoms. The van der Waals surface area contributed by atoms with Gasteiger partial charge < -0.3 is 5.73 Å². The first-order valence-corrected chi connectivity index (χ1v) is 9.54. The molecule has 0 unspecified atom stereocenters. The van der Waals surface area contributed by atoms with Crippen molar-refractivity contribution in [3.8, 4) is 5.69 Å². The van der Waals surface area contributed by atoms with Gasteiger partial charge in [0.25, 0.3) is 5.91 Å². The smallest absolute Gasteiger partial charge is 0.366 e. The molecule has 4 rings (SSSR count). The van der Waals surface area contributed by atoms with Crippen LogP contribution < -0.4 is 5.73 Å². The average Bonchev–Trinajstić information content (AvgIpc) is 3.12. The van der Waals surface area contributed by atoms with Gasteiger partial charge in [-0.25, -0.2) is 4.68 Å². The summed E-state index contributed by atoms with van der Waals surface area (Å²) in [6.07, 6.45) is 0.290. The van der Waals surface area contributed by atoms with Crippen LogP contribution in [-0.4, -0.2) is 33.7 Å². The van der Waals surface area contributed by atoms with Gasteiger partial charge in [0.1, 0.15) is 5.52 Å². The van der Waals surface area contributed by atoms with Gasteiger partial charge in [-0.1, -0.05) is 24.6 Å². The molecule has 1 fully saturated rings. The van der Waals surface area contributed by atoms with Crippen molar-refractivity contribution in [2.45, 2.75) is 32.0 Å². The van der Waals surface area contributed by atoms with Crippen LogP contribution in [0.5, 0.6) is 0 Å². The number of halogens is 3. The molecule has 0 aliphatic carbocycles. The Kier molecular flexibility index (Phi) is 5.04. The molecule has 1 aliphatic heterocycles. The molecule has 1 aliphatic rings. The van der Waals surface area contributed by atoms with E-state index in [0.29, 0.717) is 10.9 Å². The minimum Gasteiger partial charge on any atom is -0.366 e. The maximum atomic E-state index is 13.8. The predicted molar refractivity (Wildman–Crippen MR) is 104 cm³/mol. The lowest BCUT2D eigenvalue weighted by Crippen LogP contribution is -2.30. The van der Waals surface area contributed by atoms with Crippen LogP contribution in [0.2, 0.25) is 0 Å². The second kappa shape index (κ2) is 7.51. The normalized spacial score (nSPS) is 15.7. The number of alkyl halides is 3. The van der Waals surface area contributed by atoms with E-state index in [2.05, 4.69) is 10.00 Å². The van der Waals surface area contributed by atoms with E-state index in [-0.39, 0.29) is 23.4 Å². The number of piperidine rings is 1. The van der Waals surface area contributed by atoms with Crippen molar-refractivity contribution < 1.29 is 18.0 Å².